The van der Waals surface area contributed by atoms with E-state index in [1.807, 2.05) is 12.1 Å². The first kappa shape index (κ1) is 15.6. The van der Waals surface area contributed by atoms with Gasteiger partial charge in [0.25, 0.3) is 5.91 Å². The molecule has 2 rings (SSSR count). The smallest absolute Gasteiger partial charge is 0.257 e. The molecule has 112 valence electrons. The molecule has 6 heteroatoms. The molecule has 1 amide bonds. The highest BCUT2D eigenvalue weighted by atomic mass is 32.1. The van der Waals surface area contributed by atoms with E-state index in [1.165, 1.54) is 17.4 Å². The van der Waals surface area contributed by atoms with E-state index in [-0.39, 0.29) is 6.54 Å². The maximum atomic E-state index is 13.4. The number of hydrogen-bond donors (Lipinski definition) is 2. The Balaban J connectivity index is 1.92. The van der Waals surface area contributed by atoms with Crippen molar-refractivity contribution in [1.82, 2.24) is 5.32 Å². The summed E-state index contributed by atoms with van der Waals surface area (Å²) < 4.78 is 26.8. The average Bonchev–Trinajstić information content (AvgIpc) is 2.87. The predicted molar refractivity (Wildman–Crippen MR) is 77.3 cm³/mol. The topological polar surface area (TPSA) is 49.3 Å². The molecular weight excluding hydrogens is 296 g/mol. The number of aliphatic hydroxyl groups excluding tert-OH is 1. The molecule has 0 fully saturated rings. The minimum atomic E-state index is -0.875. The fourth-order valence-corrected chi connectivity index (χ4v) is 2.81. The van der Waals surface area contributed by atoms with Crippen molar-refractivity contribution >= 4 is 17.2 Å². The van der Waals surface area contributed by atoms with Crippen molar-refractivity contribution in [2.24, 2.45) is 0 Å². The Morgan fingerprint density at radius 1 is 1.29 bits per heavy atom. The fourth-order valence-electron chi connectivity index (χ4n) is 1.86. The molecule has 0 spiro atoms. The van der Waals surface area contributed by atoms with Gasteiger partial charge in [0.1, 0.15) is 17.2 Å². The van der Waals surface area contributed by atoms with Gasteiger partial charge in [-0.2, -0.15) is 0 Å². The maximum Gasteiger partial charge on any atom is 0.257 e. The SMILES string of the molecule is C[C@@H](O)c1ccc(CCNC(=O)c2c(F)cccc2F)s1. The summed E-state index contributed by atoms with van der Waals surface area (Å²) in [5.74, 6) is -2.52. The van der Waals surface area contributed by atoms with Crippen LogP contribution in [0.25, 0.3) is 0 Å². The summed E-state index contributed by atoms with van der Waals surface area (Å²) in [7, 11) is 0. The highest BCUT2D eigenvalue weighted by Gasteiger charge is 2.16. The van der Waals surface area contributed by atoms with Gasteiger partial charge in [0.05, 0.1) is 6.10 Å². The van der Waals surface area contributed by atoms with Crippen LogP contribution in [0, 0.1) is 11.6 Å². The zero-order valence-corrected chi connectivity index (χ0v) is 12.2. The first-order valence-electron chi connectivity index (χ1n) is 6.48. The Labute approximate surface area is 125 Å². The summed E-state index contributed by atoms with van der Waals surface area (Å²) in [6.45, 7) is 1.95. The Morgan fingerprint density at radius 3 is 2.52 bits per heavy atom. The van der Waals surface area contributed by atoms with Crippen molar-refractivity contribution in [2.75, 3.05) is 6.54 Å². The first-order chi connectivity index (χ1) is 9.99. The Kier molecular flexibility index (Phi) is 5.03. The van der Waals surface area contributed by atoms with Crippen LogP contribution in [0.15, 0.2) is 30.3 Å². The third kappa shape index (κ3) is 3.86. The van der Waals surface area contributed by atoms with Gasteiger partial charge in [-0.15, -0.1) is 11.3 Å². The molecule has 3 nitrogen and oxygen atoms in total. The van der Waals surface area contributed by atoms with Crippen molar-refractivity contribution in [3.8, 4) is 0 Å². The van der Waals surface area contributed by atoms with Crippen molar-refractivity contribution in [3.63, 3.8) is 0 Å². The van der Waals surface area contributed by atoms with Crippen LogP contribution in [0.2, 0.25) is 0 Å². The van der Waals surface area contributed by atoms with E-state index in [0.29, 0.717) is 6.42 Å². The lowest BCUT2D eigenvalue weighted by atomic mass is 10.2. The zero-order chi connectivity index (χ0) is 15.4. The van der Waals surface area contributed by atoms with Gasteiger partial charge < -0.3 is 10.4 Å². The molecule has 0 unspecified atom stereocenters. The second kappa shape index (κ2) is 6.78. The minimum absolute atomic E-state index is 0.270. The van der Waals surface area contributed by atoms with Crippen LogP contribution >= 0.6 is 11.3 Å². The van der Waals surface area contributed by atoms with Crippen LogP contribution in [0.3, 0.4) is 0 Å². The van der Waals surface area contributed by atoms with Crippen molar-refractivity contribution < 1.29 is 18.7 Å². The van der Waals surface area contributed by atoms with Gasteiger partial charge in [-0.25, -0.2) is 8.78 Å². The molecule has 0 saturated carbocycles. The number of thiophene rings is 1. The van der Waals surface area contributed by atoms with Crippen LogP contribution in [0.1, 0.15) is 33.1 Å². The number of hydrogen-bond acceptors (Lipinski definition) is 3. The highest BCUT2D eigenvalue weighted by molar-refractivity contribution is 7.12. The van der Waals surface area contributed by atoms with Crippen LogP contribution in [-0.4, -0.2) is 17.6 Å². The zero-order valence-electron chi connectivity index (χ0n) is 11.4. The number of carbonyl (C=O) groups is 1. The molecule has 0 aliphatic rings. The lowest BCUT2D eigenvalue weighted by Gasteiger charge is -2.06. The monoisotopic (exact) mass is 311 g/mol. The summed E-state index contributed by atoms with van der Waals surface area (Å²) >= 11 is 1.45. The lowest BCUT2D eigenvalue weighted by Crippen LogP contribution is -2.27. The summed E-state index contributed by atoms with van der Waals surface area (Å²) in [4.78, 5) is 13.6. The molecule has 2 N–H and O–H groups in total. The highest BCUT2D eigenvalue weighted by Crippen LogP contribution is 2.23. The third-order valence-corrected chi connectivity index (χ3v) is 4.26. The van der Waals surface area contributed by atoms with E-state index in [1.54, 1.807) is 6.92 Å². The molecule has 1 atom stereocenters. The maximum absolute atomic E-state index is 13.4. The van der Waals surface area contributed by atoms with E-state index in [9.17, 15) is 18.7 Å². The molecule has 0 aliphatic heterocycles. The summed E-state index contributed by atoms with van der Waals surface area (Å²) in [6.07, 6.45) is 0.0185. The number of halogens is 2. The Bertz CT molecular complexity index is 620. The molecule has 0 bridgehead atoms. The number of rotatable bonds is 5. The van der Waals surface area contributed by atoms with Gasteiger partial charge in [-0.1, -0.05) is 6.07 Å². The van der Waals surface area contributed by atoms with E-state index >= 15 is 0 Å². The second-order valence-corrected chi connectivity index (χ2v) is 5.78. The lowest BCUT2D eigenvalue weighted by molar-refractivity contribution is 0.0945. The molecule has 0 saturated heterocycles. The molecule has 2 aromatic rings. The van der Waals surface area contributed by atoms with E-state index in [0.717, 1.165) is 21.9 Å². The van der Waals surface area contributed by atoms with Crippen molar-refractivity contribution in [2.45, 2.75) is 19.4 Å². The van der Waals surface area contributed by atoms with Gasteiger partial charge >= 0.3 is 0 Å². The van der Waals surface area contributed by atoms with Crippen molar-refractivity contribution in [3.05, 3.63) is 57.3 Å². The molecule has 21 heavy (non-hydrogen) atoms. The predicted octanol–water partition coefficient (Wildman–Crippen LogP) is 3.05. The Morgan fingerprint density at radius 2 is 1.95 bits per heavy atom. The van der Waals surface area contributed by atoms with Gasteiger partial charge in [0.2, 0.25) is 0 Å². The number of benzene rings is 1. The van der Waals surface area contributed by atoms with E-state index in [4.69, 9.17) is 0 Å². The van der Waals surface area contributed by atoms with E-state index < -0.39 is 29.2 Å². The molecule has 0 radical (unpaired) electrons. The van der Waals surface area contributed by atoms with Gasteiger partial charge in [-0.3, -0.25) is 4.79 Å². The first-order valence-corrected chi connectivity index (χ1v) is 7.29. The molecule has 1 aromatic carbocycles. The molecule has 1 heterocycles. The minimum Gasteiger partial charge on any atom is -0.388 e. The second-order valence-electron chi connectivity index (χ2n) is 4.58. The van der Waals surface area contributed by atoms with Crippen LogP contribution in [0.5, 0.6) is 0 Å². The van der Waals surface area contributed by atoms with Crippen molar-refractivity contribution in [1.29, 1.82) is 0 Å². The third-order valence-electron chi connectivity index (χ3n) is 2.94. The number of amides is 1. The largest absolute Gasteiger partial charge is 0.388 e. The Hall–Kier alpha value is -1.79. The van der Waals surface area contributed by atoms with Crippen LogP contribution in [0.4, 0.5) is 8.78 Å². The number of aliphatic hydroxyl groups is 1. The molecule has 0 aliphatic carbocycles. The van der Waals surface area contributed by atoms with Gasteiger partial charge in [0, 0.05) is 16.3 Å². The fraction of sp³-hybridized carbons (Fsp3) is 0.267. The van der Waals surface area contributed by atoms with Gasteiger partial charge in [-0.05, 0) is 37.6 Å². The normalized spacial score (nSPS) is 12.2. The quantitative estimate of drug-likeness (QED) is 0.891. The summed E-state index contributed by atoms with van der Waals surface area (Å²) in [5.41, 5.74) is -0.562. The van der Waals surface area contributed by atoms with Crippen LogP contribution < -0.4 is 5.32 Å². The summed E-state index contributed by atoms with van der Waals surface area (Å²) in [5, 5.41) is 11.9. The molecular formula is C15H15F2NO2S. The standard InChI is InChI=1S/C15H15F2NO2S/c1-9(19)13-6-5-10(21-13)7-8-18-15(20)14-11(16)3-2-4-12(14)17/h2-6,9,19H,7-8H2,1H3,(H,18,20)/t9-/m1/s1. The summed E-state index contributed by atoms with van der Waals surface area (Å²) in [6, 6.07) is 6.99. The number of carbonyl (C=O) groups excluding carboxylic acids is 1. The van der Waals surface area contributed by atoms with E-state index in [2.05, 4.69) is 5.32 Å². The van der Waals surface area contributed by atoms with Crippen LogP contribution in [-0.2, 0) is 6.42 Å². The average molecular weight is 311 g/mol. The number of nitrogens with one attached hydrogen (secondary N) is 1. The van der Waals surface area contributed by atoms with Gasteiger partial charge in [0.15, 0.2) is 0 Å². The molecule has 1 aromatic heterocycles.